The fourth-order valence-electron chi connectivity index (χ4n) is 1.80. The molecule has 1 aromatic carbocycles. The van der Waals surface area contributed by atoms with Crippen molar-refractivity contribution in [3.05, 3.63) is 44.2 Å². The van der Waals surface area contributed by atoms with Crippen LogP contribution >= 0.6 is 15.9 Å². The van der Waals surface area contributed by atoms with Crippen LogP contribution in [0.15, 0.2) is 22.7 Å². The SMILES string of the molecule is COc1cc(NC(=O)c2nn(C)c(C)c2Br)cc([N+](=O)[O-])c1. The molecule has 0 aliphatic carbocycles. The lowest BCUT2D eigenvalue weighted by Gasteiger charge is -2.06. The van der Waals surface area contributed by atoms with Crippen molar-refractivity contribution in [1.29, 1.82) is 0 Å². The van der Waals surface area contributed by atoms with E-state index >= 15 is 0 Å². The van der Waals surface area contributed by atoms with Crippen LogP contribution in [0.25, 0.3) is 0 Å². The summed E-state index contributed by atoms with van der Waals surface area (Å²) in [5.41, 5.74) is 1.07. The highest BCUT2D eigenvalue weighted by molar-refractivity contribution is 9.10. The van der Waals surface area contributed by atoms with Gasteiger partial charge in [-0.05, 0) is 22.9 Å². The van der Waals surface area contributed by atoms with Gasteiger partial charge in [0.05, 0.1) is 34.0 Å². The van der Waals surface area contributed by atoms with Crippen molar-refractivity contribution in [1.82, 2.24) is 9.78 Å². The van der Waals surface area contributed by atoms with Gasteiger partial charge >= 0.3 is 0 Å². The highest BCUT2D eigenvalue weighted by Crippen LogP contribution is 2.27. The Hall–Kier alpha value is -2.42. The topological polar surface area (TPSA) is 99.3 Å². The first kappa shape index (κ1) is 16.0. The van der Waals surface area contributed by atoms with Gasteiger partial charge in [-0.15, -0.1) is 0 Å². The molecule has 116 valence electrons. The van der Waals surface area contributed by atoms with Crippen LogP contribution in [0.2, 0.25) is 0 Å². The maximum absolute atomic E-state index is 12.3. The van der Waals surface area contributed by atoms with Gasteiger partial charge in [0, 0.05) is 19.2 Å². The average Bonchev–Trinajstić information content (AvgIpc) is 2.74. The molecule has 0 fully saturated rings. The van der Waals surface area contributed by atoms with E-state index in [0.717, 1.165) is 5.69 Å². The maximum atomic E-state index is 12.3. The number of ether oxygens (including phenoxy) is 1. The van der Waals surface area contributed by atoms with E-state index in [4.69, 9.17) is 4.74 Å². The third-order valence-corrected chi connectivity index (χ3v) is 4.02. The molecule has 2 aromatic rings. The normalized spacial score (nSPS) is 10.4. The van der Waals surface area contributed by atoms with Crippen LogP contribution in [-0.4, -0.2) is 27.7 Å². The third kappa shape index (κ3) is 3.08. The van der Waals surface area contributed by atoms with Gasteiger partial charge in [0.1, 0.15) is 5.75 Å². The van der Waals surface area contributed by atoms with Crippen molar-refractivity contribution >= 4 is 33.2 Å². The first-order valence-electron chi connectivity index (χ1n) is 6.17. The zero-order chi connectivity index (χ0) is 16.4. The fraction of sp³-hybridized carbons (Fsp3) is 0.231. The number of aromatic nitrogens is 2. The Morgan fingerprint density at radius 3 is 2.64 bits per heavy atom. The summed E-state index contributed by atoms with van der Waals surface area (Å²) in [6.07, 6.45) is 0. The average molecular weight is 369 g/mol. The van der Waals surface area contributed by atoms with Crippen molar-refractivity contribution in [3.8, 4) is 5.75 Å². The highest BCUT2D eigenvalue weighted by atomic mass is 79.9. The molecule has 1 heterocycles. The van der Waals surface area contributed by atoms with Gasteiger partial charge in [-0.3, -0.25) is 19.6 Å². The lowest BCUT2D eigenvalue weighted by atomic mass is 10.2. The minimum Gasteiger partial charge on any atom is -0.496 e. The Morgan fingerprint density at radius 1 is 1.45 bits per heavy atom. The molecule has 1 amide bonds. The van der Waals surface area contributed by atoms with Crippen molar-refractivity contribution < 1.29 is 14.5 Å². The van der Waals surface area contributed by atoms with Gasteiger partial charge in [0.2, 0.25) is 0 Å². The fourth-order valence-corrected chi connectivity index (χ4v) is 2.31. The summed E-state index contributed by atoms with van der Waals surface area (Å²) in [5.74, 6) is -0.195. The maximum Gasteiger partial charge on any atom is 0.277 e. The third-order valence-electron chi connectivity index (χ3n) is 3.07. The Labute approximate surface area is 134 Å². The molecular weight excluding hydrogens is 356 g/mol. The number of hydrogen-bond acceptors (Lipinski definition) is 5. The Kier molecular flexibility index (Phi) is 4.45. The molecule has 1 aromatic heterocycles. The summed E-state index contributed by atoms with van der Waals surface area (Å²) in [7, 11) is 3.11. The van der Waals surface area contributed by atoms with Gasteiger partial charge in [-0.1, -0.05) is 0 Å². The van der Waals surface area contributed by atoms with Gasteiger partial charge in [-0.2, -0.15) is 5.10 Å². The van der Waals surface area contributed by atoms with E-state index < -0.39 is 10.8 Å². The quantitative estimate of drug-likeness (QED) is 0.660. The molecule has 0 unspecified atom stereocenters. The molecule has 1 N–H and O–H groups in total. The van der Waals surface area contributed by atoms with E-state index in [1.54, 1.807) is 11.7 Å². The molecule has 8 nitrogen and oxygen atoms in total. The summed E-state index contributed by atoms with van der Waals surface area (Å²) in [6.45, 7) is 1.81. The Bertz CT molecular complexity index is 757. The van der Waals surface area contributed by atoms with Crippen LogP contribution in [0, 0.1) is 17.0 Å². The molecule has 22 heavy (non-hydrogen) atoms. The monoisotopic (exact) mass is 368 g/mol. The van der Waals surface area contributed by atoms with Crippen LogP contribution in [-0.2, 0) is 7.05 Å². The van der Waals surface area contributed by atoms with Crippen molar-refractivity contribution in [2.45, 2.75) is 6.92 Å². The minimum atomic E-state index is -0.557. The number of carbonyl (C=O) groups excluding carboxylic acids is 1. The molecule has 0 aliphatic heterocycles. The van der Waals surface area contributed by atoms with Crippen LogP contribution in [0.5, 0.6) is 5.75 Å². The first-order chi connectivity index (χ1) is 10.3. The summed E-state index contributed by atoms with van der Waals surface area (Å²) in [6, 6.07) is 4.02. The molecule has 0 spiro atoms. The van der Waals surface area contributed by atoms with Crippen LogP contribution < -0.4 is 10.1 Å². The second-order valence-electron chi connectivity index (χ2n) is 4.50. The minimum absolute atomic E-state index is 0.175. The summed E-state index contributed by atoms with van der Waals surface area (Å²) < 4.78 is 7.13. The number of hydrogen-bond donors (Lipinski definition) is 1. The number of halogens is 1. The molecule has 0 radical (unpaired) electrons. The predicted molar refractivity (Wildman–Crippen MR) is 83.2 cm³/mol. The molecule has 0 saturated heterocycles. The van der Waals surface area contributed by atoms with E-state index in [2.05, 4.69) is 26.3 Å². The van der Waals surface area contributed by atoms with E-state index in [1.807, 2.05) is 6.92 Å². The van der Waals surface area contributed by atoms with Gasteiger partial charge in [-0.25, -0.2) is 0 Å². The number of nitro benzene ring substituents is 1. The van der Waals surface area contributed by atoms with Gasteiger partial charge in [0.25, 0.3) is 11.6 Å². The zero-order valence-electron chi connectivity index (χ0n) is 12.1. The smallest absolute Gasteiger partial charge is 0.277 e. The van der Waals surface area contributed by atoms with Crippen molar-refractivity contribution in [2.24, 2.45) is 7.05 Å². The number of aryl methyl sites for hydroxylation is 1. The van der Waals surface area contributed by atoms with Crippen molar-refractivity contribution in [3.63, 3.8) is 0 Å². The zero-order valence-corrected chi connectivity index (χ0v) is 13.7. The number of non-ortho nitro benzene ring substituents is 1. The second-order valence-corrected chi connectivity index (χ2v) is 5.30. The van der Waals surface area contributed by atoms with Crippen LogP contribution in [0.3, 0.4) is 0 Å². The number of rotatable bonds is 4. The molecule has 0 bridgehead atoms. The van der Waals surface area contributed by atoms with E-state index in [-0.39, 0.29) is 22.8 Å². The number of nitro groups is 1. The standard InChI is InChI=1S/C13H13BrN4O4/c1-7-11(14)12(16-17(7)2)13(19)15-8-4-9(18(20)21)6-10(5-8)22-3/h4-6H,1-3H3,(H,15,19). The van der Waals surface area contributed by atoms with Gasteiger partial charge in [0.15, 0.2) is 5.69 Å². The van der Waals surface area contributed by atoms with Crippen LogP contribution in [0.1, 0.15) is 16.2 Å². The number of amides is 1. The number of carbonyl (C=O) groups is 1. The molecule has 9 heteroatoms. The predicted octanol–water partition coefficient (Wildman–Crippen LogP) is 2.66. The number of benzene rings is 1. The first-order valence-corrected chi connectivity index (χ1v) is 6.96. The highest BCUT2D eigenvalue weighted by Gasteiger charge is 2.19. The summed E-state index contributed by atoms with van der Waals surface area (Å²) >= 11 is 3.30. The molecule has 0 atom stereocenters. The number of methoxy groups -OCH3 is 1. The van der Waals surface area contributed by atoms with E-state index in [1.165, 1.54) is 25.3 Å². The Morgan fingerprint density at radius 2 is 2.14 bits per heavy atom. The largest absolute Gasteiger partial charge is 0.496 e. The number of nitrogens with one attached hydrogen (secondary N) is 1. The lowest BCUT2D eigenvalue weighted by Crippen LogP contribution is -2.13. The van der Waals surface area contributed by atoms with Crippen LogP contribution in [0.4, 0.5) is 11.4 Å². The molecule has 2 rings (SSSR count). The second kappa shape index (κ2) is 6.14. The van der Waals surface area contributed by atoms with Crippen molar-refractivity contribution in [2.75, 3.05) is 12.4 Å². The summed E-state index contributed by atoms with van der Waals surface area (Å²) in [5, 5.41) is 17.6. The Balaban J connectivity index is 2.33. The summed E-state index contributed by atoms with van der Waals surface area (Å²) in [4.78, 5) is 22.6. The van der Waals surface area contributed by atoms with E-state index in [0.29, 0.717) is 4.47 Å². The molecule has 0 aliphatic rings. The van der Waals surface area contributed by atoms with E-state index in [9.17, 15) is 14.9 Å². The molecule has 0 saturated carbocycles. The lowest BCUT2D eigenvalue weighted by molar-refractivity contribution is -0.384. The number of nitrogens with zero attached hydrogens (tertiary/aromatic N) is 3. The molecular formula is C13H13BrN4O4. The van der Waals surface area contributed by atoms with Gasteiger partial charge < -0.3 is 10.1 Å². The number of anilines is 1.